The highest BCUT2D eigenvalue weighted by atomic mass is 35.5. The second-order valence-corrected chi connectivity index (χ2v) is 4.17. The van der Waals surface area contributed by atoms with E-state index in [1.807, 2.05) is 0 Å². The van der Waals surface area contributed by atoms with Gasteiger partial charge in [0, 0.05) is 6.54 Å². The van der Waals surface area contributed by atoms with Crippen molar-refractivity contribution in [2.45, 2.75) is 19.2 Å². The molecule has 5 nitrogen and oxygen atoms in total. The predicted octanol–water partition coefficient (Wildman–Crippen LogP) is 0.540. The van der Waals surface area contributed by atoms with Crippen LogP contribution >= 0.6 is 11.6 Å². The molecule has 2 heterocycles. The molecule has 0 aromatic carbocycles. The van der Waals surface area contributed by atoms with Crippen LogP contribution in [-0.4, -0.2) is 40.4 Å². The number of nitrogens with zero attached hydrogens (tertiary/aromatic N) is 3. The third kappa shape index (κ3) is 1.90. The van der Waals surface area contributed by atoms with Crippen molar-refractivity contribution in [2.75, 3.05) is 23.7 Å². The minimum absolute atomic E-state index is 0.0662. The topological polar surface area (TPSA) is 75.3 Å². The second-order valence-electron chi connectivity index (χ2n) is 3.79. The van der Waals surface area contributed by atoms with E-state index in [1.165, 1.54) is 0 Å². The van der Waals surface area contributed by atoms with Crippen LogP contribution in [0.25, 0.3) is 0 Å². The van der Waals surface area contributed by atoms with Crippen LogP contribution in [-0.2, 0) is 0 Å². The standard InChI is InChI=1S/C9H12ClFN4O/c1-4-7(10)8(14-9(12)13-4)15-2-5(11)6(16)3-15/h5-6,16H,2-3H2,1H3,(H2,12,13,14)/t5-,6-/m1/s1. The van der Waals surface area contributed by atoms with Crippen molar-refractivity contribution < 1.29 is 9.50 Å². The molecule has 1 aliphatic rings. The van der Waals surface area contributed by atoms with Gasteiger partial charge in [-0.2, -0.15) is 4.98 Å². The van der Waals surface area contributed by atoms with Crippen molar-refractivity contribution in [3.05, 3.63) is 10.7 Å². The summed E-state index contributed by atoms with van der Waals surface area (Å²) < 4.78 is 13.2. The number of rotatable bonds is 1. The molecule has 1 saturated heterocycles. The summed E-state index contributed by atoms with van der Waals surface area (Å²) in [7, 11) is 0. The molecular weight excluding hydrogens is 235 g/mol. The summed E-state index contributed by atoms with van der Waals surface area (Å²) >= 11 is 6.01. The van der Waals surface area contributed by atoms with Gasteiger partial charge >= 0.3 is 0 Å². The molecule has 2 atom stereocenters. The molecule has 7 heteroatoms. The zero-order chi connectivity index (χ0) is 11.9. The average Bonchev–Trinajstić information content (AvgIpc) is 2.53. The summed E-state index contributed by atoms with van der Waals surface area (Å²) in [5.41, 5.74) is 6.04. The number of β-amino-alcohol motifs (C(OH)–C–C–N with tert-alkyl or cyclic N) is 1. The van der Waals surface area contributed by atoms with Crippen LogP contribution in [0.3, 0.4) is 0 Å². The maximum Gasteiger partial charge on any atom is 0.222 e. The Hall–Kier alpha value is -1.14. The van der Waals surface area contributed by atoms with Gasteiger partial charge < -0.3 is 15.7 Å². The molecule has 0 amide bonds. The molecule has 88 valence electrons. The zero-order valence-electron chi connectivity index (χ0n) is 8.69. The summed E-state index contributed by atoms with van der Waals surface area (Å²) in [5, 5.41) is 9.67. The highest BCUT2D eigenvalue weighted by molar-refractivity contribution is 6.33. The SMILES string of the molecule is Cc1nc(N)nc(N2C[C@@H](O)[C@H](F)C2)c1Cl. The van der Waals surface area contributed by atoms with E-state index in [0.29, 0.717) is 16.5 Å². The van der Waals surface area contributed by atoms with E-state index in [1.54, 1.807) is 11.8 Å². The van der Waals surface area contributed by atoms with Crippen molar-refractivity contribution in [3.63, 3.8) is 0 Å². The molecule has 0 unspecified atom stereocenters. The smallest absolute Gasteiger partial charge is 0.222 e. The number of hydrogen-bond acceptors (Lipinski definition) is 5. The van der Waals surface area contributed by atoms with Crippen molar-refractivity contribution in [1.29, 1.82) is 0 Å². The lowest BCUT2D eigenvalue weighted by atomic mass is 10.3. The zero-order valence-corrected chi connectivity index (χ0v) is 9.45. The van der Waals surface area contributed by atoms with E-state index in [4.69, 9.17) is 17.3 Å². The Kier molecular flexibility index (Phi) is 2.86. The number of aliphatic hydroxyl groups is 1. The maximum absolute atomic E-state index is 13.2. The summed E-state index contributed by atoms with van der Waals surface area (Å²) in [5.74, 6) is 0.472. The van der Waals surface area contributed by atoms with E-state index >= 15 is 0 Å². The summed E-state index contributed by atoms with van der Waals surface area (Å²) in [6.45, 7) is 1.93. The largest absolute Gasteiger partial charge is 0.388 e. The summed E-state index contributed by atoms with van der Waals surface area (Å²) in [4.78, 5) is 9.43. The van der Waals surface area contributed by atoms with Crippen molar-refractivity contribution >= 4 is 23.4 Å². The Balaban J connectivity index is 2.34. The molecule has 1 aromatic heterocycles. The molecule has 3 N–H and O–H groups in total. The van der Waals surface area contributed by atoms with Gasteiger partial charge in [0.25, 0.3) is 0 Å². The molecule has 0 radical (unpaired) electrons. The fraction of sp³-hybridized carbons (Fsp3) is 0.556. The van der Waals surface area contributed by atoms with Crippen LogP contribution in [0.4, 0.5) is 16.2 Å². The van der Waals surface area contributed by atoms with E-state index in [9.17, 15) is 9.50 Å². The molecule has 1 fully saturated rings. The molecule has 0 saturated carbocycles. The highest BCUT2D eigenvalue weighted by Crippen LogP contribution is 2.29. The third-order valence-electron chi connectivity index (χ3n) is 2.54. The third-order valence-corrected chi connectivity index (χ3v) is 2.98. The van der Waals surface area contributed by atoms with Gasteiger partial charge in [0.15, 0.2) is 5.82 Å². The molecule has 0 aliphatic carbocycles. The van der Waals surface area contributed by atoms with Gasteiger partial charge in [0.1, 0.15) is 17.3 Å². The summed E-state index contributed by atoms with van der Waals surface area (Å²) in [6.07, 6.45) is -2.29. The number of aromatic nitrogens is 2. The van der Waals surface area contributed by atoms with E-state index in [2.05, 4.69) is 9.97 Å². The van der Waals surface area contributed by atoms with Gasteiger partial charge in [-0.1, -0.05) is 11.6 Å². The van der Waals surface area contributed by atoms with E-state index < -0.39 is 12.3 Å². The lowest BCUT2D eigenvalue weighted by Gasteiger charge is -2.18. The van der Waals surface area contributed by atoms with Crippen molar-refractivity contribution in [2.24, 2.45) is 0 Å². The van der Waals surface area contributed by atoms with Gasteiger partial charge in [0.05, 0.1) is 12.2 Å². The minimum atomic E-state index is -1.28. The van der Waals surface area contributed by atoms with Crippen LogP contribution in [0.5, 0.6) is 0 Å². The molecule has 1 aliphatic heterocycles. The Morgan fingerprint density at radius 1 is 1.50 bits per heavy atom. The molecule has 2 rings (SSSR count). The van der Waals surface area contributed by atoms with Crippen LogP contribution < -0.4 is 10.6 Å². The first-order valence-electron chi connectivity index (χ1n) is 4.85. The van der Waals surface area contributed by atoms with Crippen LogP contribution in [0.15, 0.2) is 0 Å². The first kappa shape index (κ1) is 11.3. The maximum atomic E-state index is 13.2. The van der Waals surface area contributed by atoms with Crippen molar-refractivity contribution in [3.8, 4) is 0 Å². The van der Waals surface area contributed by atoms with Crippen molar-refractivity contribution in [1.82, 2.24) is 9.97 Å². The van der Waals surface area contributed by atoms with Gasteiger partial charge in [0.2, 0.25) is 5.95 Å². The van der Waals surface area contributed by atoms with Crippen LogP contribution in [0.1, 0.15) is 5.69 Å². The molecule has 16 heavy (non-hydrogen) atoms. The first-order valence-corrected chi connectivity index (χ1v) is 5.23. The Morgan fingerprint density at radius 2 is 2.19 bits per heavy atom. The van der Waals surface area contributed by atoms with Gasteiger partial charge in [-0.05, 0) is 6.92 Å². The normalized spacial score (nSPS) is 25.1. The minimum Gasteiger partial charge on any atom is -0.388 e. The van der Waals surface area contributed by atoms with Gasteiger partial charge in [-0.3, -0.25) is 0 Å². The highest BCUT2D eigenvalue weighted by Gasteiger charge is 2.33. The second kappa shape index (κ2) is 4.03. The molecule has 1 aromatic rings. The number of halogens is 2. The fourth-order valence-corrected chi connectivity index (χ4v) is 1.90. The number of nitrogens with two attached hydrogens (primary N) is 1. The number of aliphatic hydroxyl groups excluding tert-OH is 1. The Morgan fingerprint density at radius 3 is 2.75 bits per heavy atom. The number of anilines is 2. The predicted molar refractivity (Wildman–Crippen MR) is 59.3 cm³/mol. The van der Waals surface area contributed by atoms with Gasteiger partial charge in [-0.25, -0.2) is 9.37 Å². The van der Waals surface area contributed by atoms with E-state index in [0.717, 1.165) is 0 Å². The fourth-order valence-electron chi connectivity index (χ4n) is 1.69. The quantitative estimate of drug-likeness (QED) is 0.757. The lowest BCUT2D eigenvalue weighted by molar-refractivity contribution is 0.118. The van der Waals surface area contributed by atoms with Crippen LogP contribution in [0, 0.1) is 6.92 Å². The van der Waals surface area contributed by atoms with Crippen LogP contribution in [0.2, 0.25) is 5.02 Å². The first-order chi connectivity index (χ1) is 7.49. The lowest BCUT2D eigenvalue weighted by Crippen LogP contribution is -2.23. The molecule has 0 bridgehead atoms. The van der Waals surface area contributed by atoms with Gasteiger partial charge in [-0.15, -0.1) is 0 Å². The Bertz CT molecular complexity index is 407. The number of nitrogen functional groups attached to an aromatic ring is 1. The summed E-state index contributed by atoms with van der Waals surface area (Å²) in [6, 6.07) is 0. The average molecular weight is 247 g/mol. The number of hydrogen-bond donors (Lipinski definition) is 2. The number of aryl methyl sites for hydroxylation is 1. The van der Waals surface area contributed by atoms with E-state index in [-0.39, 0.29) is 19.0 Å². The molecule has 0 spiro atoms. The molecular formula is C9H12ClFN4O. The monoisotopic (exact) mass is 246 g/mol. The Labute approximate surface area is 97.1 Å². The number of alkyl halides is 1.